The van der Waals surface area contributed by atoms with Crippen molar-refractivity contribution in [2.45, 2.75) is 18.2 Å². The molecule has 5 nitrogen and oxygen atoms in total. The third-order valence-corrected chi connectivity index (χ3v) is 4.75. The summed E-state index contributed by atoms with van der Waals surface area (Å²) in [7, 11) is -3.67. The molecule has 112 valence electrons. The highest BCUT2D eigenvalue weighted by molar-refractivity contribution is 7.92. The minimum Gasteiger partial charge on any atom is -0.398 e. The molecule has 0 unspecified atom stereocenters. The van der Waals surface area contributed by atoms with Gasteiger partial charge in [0, 0.05) is 18.0 Å². The van der Waals surface area contributed by atoms with Crippen LogP contribution in [0.2, 0.25) is 0 Å². The summed E-state index contributed by atoms with van der Waals surface area (Å²) in [5.41, 5.74) is 8.13. The van der Waals surface area contributed by atoms with Crippen LogP contribution in [0.4, 0.5) is 11.4 Å². The molecule has 0 aliphatic heterocycles. The lowest BCUT2D eigenvalue weighted by Crippen LogP contribution is -2.15. The van der Waals surface area contributed by atoms with Gasteiger partial charge in [-0.15, -0.1) is 0 Å². The van der Waals surface area contributed by atoms with Crippen LogP contribution in [0.15, 0.2) is 47.4 Å². The van der Waals surface area contributed by atoms with E-state index < -0.39 is 10.0 Å². The Labute approximate surface area is 124 Å². The summed E-state index contributed by atoms with van der Waals surface area (Å²) in [4.78, 5) is 0.168. The molecule has 0 aromatic heterocycles. The molecule has 0 fully saturated rings. The number of aliphatic hydroxyl groups is 1. The van der Waals surface area contributed by atoms with Crippen molar-refractivity contribution in [1.29, 1.82) is 0 Å². The van der Waals surface area contributed by atoms with Crippen LogP contribution in [0.25, 0.3) is 0 Å². The van der Waals surface area contributed by atoms with E-state index in [1.54, 1.807) is 43.3 Å². The van der Waals surface area contributed by atoms with E-state index in [0.29, 0.717) is 23.4 Å². The fraction of sp³-hybridized carbons (Fsp3) is 0.200. The summed E-state index contributed by atoms with van der Waals surface area (Å²) >= 11 is 0. The number of anilines is 2. The number of nitrogen functional groups attached to an aromatic ring is 1. The Morgan fingerprint density at radius 2 is 1.81 bits per heavy atom. The van der Waals surface area contributed by atoms with Gasteiger partial charge < -0.3 is 10.8 Å². The number of nitrogens with two attached hydrogens (primary N) is 1. The van der Waals surface area contributed by atoms with Gasteiger partial charge in [0.1, 0.15) is 0 Å². The summed E-state index contributed by atoms with van der Waals surface area (Å²) in [5.74, 6) is 0. The van der Waals surface area contributed by atoms with E-state index in [2.05, 4.69) is 4.72 Å². The number of nitrogens with one attached hydrogen (secondary N) is 1. The van der Waals surface area contributed by atoms with E-state index in [0.717, 1.165) is 5.56 Å². The minimum absolute atomic E-state index is 0.0631. The van der Waals surface area contributed by atoms with Crippen LogP contribution >= 0.6 is 0 Å². The van der Waals surface area contributed by atoms with E-state index in [-0.39, 0.29) is 11.5 Å². The van der Waals surface area contributed by atoms with E-state index in [1.165, 1.54) is 6.07 Å². The summed E-state index contributed by atoms with van der Waals surface area (Å²) in [6.07, 6.45) is 0.543. The van der Waals surface area contributed by atoms with Crippen LogP contribution < -0.4 is 10.5 Å². The van der Waals surface area contributed by atoms with Crippen LogP contribution in [0.3, 0.4) is 0 Å². The Balaban J connectivity index is 2.27. The minimum atomic E-state index is -3.67. The number of benzene rings is 2. The van der Waals surface area contributed by atoms with Crippen molar-refractivity contribution in [3.63, 3.8) is 0 Å². The van der Waals surface area contributed by atoms with E-state index in [1.807, 2.05) is 0 Å². The fourth-order valence-corrected chi connectivity index (χ4v) is 3.34. The maximum Gasteiger partial charge on any atom is 0.262 e. The number of hydrogen-bond acceptors (Lipinski definition) is 4. The van der Waals surface area contributed by atoms with Crippen LogP contribution in [0.1, 0.15) is 11.1 Å². The molecule has 2 aromatic carbocycles. The molecule has 0 aliphatic rings. The highest BCUT2D eigenvalue weighted by Crippen LogP contribution is 2.23. The predicted molar refractivity (Wildman–Crippen MR) is 83.6 cm³/mol. The van der Waals surface area contributed by atoms with Gasteiger partial charge in [-0.2, -0.15) is 0 Å². The Kier molecular flexibility index (Phi) is 4.50. The molecule has 0 spiro atoms. The van der Waals surface area contributed by atoms with E-state index >= 15 is 0 Å². The first-order valence-electron chi connectivity index (χ1n) is 6.52. The monoisotopic (exact) mass is 306 g/mol. The number of rotatable bonds is 5. The van der Waals surface area contributed by atoms with Gasteiger partial charge in [0.05, 0.1) is 4.90 Å². The molecule has 0 bridgehead atoms. The topological polar surface area (TPSA) is 92.4 Å². The average molecular weight is 306 g/mol. The molecule has 0 aliphatic carbocycles. The molecule has 0 saturated heterocycles. The zero-order chi connectivity index (χ0) is 15.5. The number of aliphatic hydroxyl groups excluding tert-OH is 1. The predicted octanol–water partition coefficient (Wildman–Crippen LogP) is 1.91. The lowest BCUT2D eigenvalue weighted by molar-refractivity contribution is 0.299. The lowest BCUT2D eigenvalue weighted by atomic mass is 10.1. The van der Waals surface area contributed by atoms with Crippen LogP contribution in [-0.4, -0.2) is 20.1 Å². The zero-order valence-corrected chi connectivity index (χ0v) is 12.5. The van der Waals surface area contributed by atoms with Crippen molar-refractivity contribution in [3.05, 3.63) is 53.6 Å². The first-order valence-corrected chi connectivity index (χ1v) is 8.00. The largest absolute Gasteiger partial charge is 0.398 e. The maximum absolute atomic E-state index is 12.4. The molecule has 0 atom stereocenters. The molecule has 6 heteroatoms. The average Bonchev–Trinajstić information content (AvgIpc) is 2.44. The Bertz CT molecular complexity index is 725. The van der Waals surface area contributed by atoms with Gasteiger partial charge in [0.15, 0.2) is 0 Å². The van der Waals surface area contributed by atoms with Crippen LogP contribution in [0.5, 0.6) is 0 Å². The van der Waals surface area contributed by atoms with Crippen molar-refractivity contribution >= 4 is 21.4 Å². The molecule has 0 radical (unpaired) electrons. The Morgan fingerprint density at radius 3 is 2.43 bits per heavy atom. The molecular weight excluding hydrogens is 288 g/mol. The summed E-state index contributed by atoms with van der Waals surface area (Å²) in [5, 5.41) is 8.86. The van der Waals surface area contributed by atoms with E-state index in [9.17, 15) is 8.42 Å². The van der Waals surface area contributed by atoms with Gasteiger partial charge >= 0.3 is 0 Å². The van der Waals surface area contributed by atoms with Gasteiger partial charge in [-0.25, -0.2) is 8.42 Å². The molecule has 0 saturated carbocycles. The van der Waals surface area contributed by atoms with Crippen molar-refractivity contribution in [1.82, 2.24) is 0 Å². The fourth-order valence-electron chi connectivity index (χ4n) is 2.00. The van der Waals surface area contributed by atoms with Crippen molar-refractivity contribution in [3.8, 4) is 0 Å². The van der Waals surface area contributed by atoms with Crippen molar-refractivity contribution < 1.29 is 13.5 Å². The summed E-state index contributed by atoms with van der Waals surface area (Å²) in [6, 6.07) is 11.7. The summed E-state index contributed by atoms with van der Waals surface area (Å²) in [6.45, 7) is 1.74. The molecule has 4 N–H and O–H groups in total. The molecule has 0 heterocycles. The standard InChI is InChI=1S/C15H18N2O3S/c1-11-14(16)3-2-4-15(11)21(19,20)17-13-7-5-12(6-8-13)9-10-18/h2-8,17-18H,9-10,16H2,1H3. The van der Waals surface area contributed by atoms with Gasteiger partial charge in [-0.3, -0.25) is 4.72 Å². The first-order chi connectivity index (χ1) is 9.94. The lowest BCUT2D eigenvalue weighted by Gasteiger charge is -2.12. The van der Waals surface area contributed by atoms with Crippen molar-refractivity contribution in [2.24, 2.45) is 0 Å². The maximum atomic E-state index is 12.4. The first kappa shape index (κ1) is 15.3. The SMILES string of the molecule is Cc1c(N)cccc1S(=O)(=O)Nc1ccc(CCO)cc1. The van der Waals surface area contributed by atoms with E-state index in [4.69, 9.17) is 10.8 Å². The Hall–Kier alpha value is -2.05. The summed E-state index contributed by atoms with van der Waals surface area (Å²) < 4.78 is 27.3. The van der Waals surface area contributed by atoms with Gasteiger partial charge in [-0.1, -0.05) is 18.2 Å². The second-order valence-corrected chi connectivity index (χ2v) is 6.40. The molecule has 0 amide bonds. The van der Waals surface area contributed by atoms with Crippen LogP contribution in [-0.2, 0) is 16.4 Å². The van der Waals surface area contributed by atoms with Crippen molar-refractivity contribution in [2.75, 3.05) is 17.1 Å². The van der Waals surface area contributed by atoms with Crippen LogP contribution in [0, 0.1) is 6.92 Å². The smallest absolute Gasteiger partial charge is 0.262 e. The van der Waals surface area contributed by atoms with Gasteiger partial charge in [0.2, 0.25) is 0 Å². The highest BCUT2D eigenvalue weighted by Gasteiger charge is 2.17. The molecular formula is C15H18N2O3S. The molecule has 21 heavy (non-hydrogen) atoms. The second kappa shape index (κ2) is 6.15. The molecule has 2 rings (SSSR count). The third-order valence-electron chi connectivity index (χ3n) is 3.22. The third kappa shape index (κ3) is 3.53. The van der Waals surface area contributed by atoms with Gasteiger partial charge in [0.25, 0.3) is 10.0 Å². The molecule has 2 aromatic rings. The number of hydrogen-bond donors (Lipinski definition) is 3. The highest BCUT2D eigenvalue weighted by atomic mass is 32.2. The zero-order valence-electron chi connectivity index (χ0n) is 11.7. The normalized spacial score (nSPS) is 11.3. The second-order valence-electron chi connectivity index (χ2n) is 4.75. The number of sulfonamides is 1. The Morgan fingerprint density at radius 1 is 1.14 bits per heavy atom. The quantitative estimate of drug-likeness (QED) is 0.736. The van der Waals surface area contributed by atoms with Gasteiger partial charge in [-0.05, 0) is 48.7 Å².